The minimum absolute atomic E-state index is 0.0319. The molecule has 2 amide bonds. The number of nitrogens with one attached hydrogen (secondary N) is 2. The second kappa shape index (κ2) is 13.0. The fraction of sp³-hybridized carbons (Fsp3) is 0.758. The number of hydrogen-bond donors (Lipinski definition) is 2. The predicted molar refractivity (Wildman–Crippen MR) is 170 cm³/mol. The molecule has 4 rings (SSSR count). The van der Waals surface area contributed by atoms with E-state index in [2.05, 4.69) is 38.3 Å². The van der Waals surface area contributed by atoms with Gasteiger partial charge in [-0.25, -0.2) is 0 Å². The highest BCUT2D eigenvalue weighted by molar-refractivity contribution is 6.45. The molecule has 2 N–H and O–H groups in total. The van der Waals surface area contributed by atoms with Crippen LogP contribution in [0.4, 0.5) is 0 Å². The van der Waals surface area contributed by atoms with Crippen molar-refractivity contribution in [2.24, 2.45) is 11.8 Å². The van der Waals surface area contributed by atoms with Crippen molar-refractivity contribution in [1.29, 1.82) is 0 Å². The van der Waals surface area contributed by atoms with E-state index in [0.29, 0.717) is 24.7 Å². The first-order chi connectivity index (χ1) is 20.0. The zero-order valence-corrected chi connectivity index (χ0v) is 28.2. The van der Waals surface area contributed by atoms with Crippen molar-refractivity contribution in [3.8, 4) is 0 Å². The maximum absolute atomic E-state index is 14.2. The van der Waals surface area contributed by atoms with Crippen LogP contribution in [0.25, 0.3) is 0 Å². The number of ether oxygens (including phenoxy) is 2. The number of halogens is 1. The molecule has 43 heavy (non-hydrogen) atoms. The number of amides is 2. The lowest BCUT2D eigenvalue weighted by Gasteiger charge is -2.47. The van der Waals surface area contributed by atoms with Crippen molar-refractivity contribution >= 4 is 30.5 Å². The van der Waals surface area contributed by atoms with Crippen LogP contribution in [0.2, 0.25) is 11.3 Å². The summed E-state index contributed by atoms with van der Waals surface area (Å²) < 4.78 is 25.1. The van der Waals surface area contributed by atoms with Gasteiger partial charge in [0.1, 0.15) is 5.54 Å². The molecule has 0 bridgehead atoms. The van der Waals surface area contributed by atoms with E-state index >= 15 is 0 Å². The predicted octanol–water partition coefficient (Wildman–Crippen LogP) is 6.40. The number of rotatable bonds is 10. The molecule has 3 fully saturated rings. The van der Waals surface area contributed by atoms with Crippen LogP contribution in [0.5, 0.6) is 0 Å². The summed E-state index contributed by atoms with van der Waals surface area (Å²) in [6, 6.07) is 7.71. The Kier molecular flexibility index (Phi) is 10.3. The van der Waals surface area contributed by atoms with E-state index in [1.54, 1.807) is 0 Å². The zero-order chi connectivity index (χ0) is 31.7. The molecule has 10 heteroatoms. The largest absolute Gasteiger partial charge is 0.457 e. The fourth-order valence-corrected chi connectivity index (χ4v) is 7.13. The summed E-state index contributed by atoms with van der Waals surface area (Å²) in [4.78, 5) is 26.9. The quantitative estimate of drug-likeness (QED) is 0.233. The number of hydrogen-bond acceptors (Lipinski definition) is 6. The molecule has 0 spiro atoms. The van der Waals surface area contributed by atoms with Crippen LogP contribution in [0.3, 0.4) is 0 Å². The Hall–Kier alpha value is -1.65. The minimum Gasteiger partial charge on any atom is -0.403 e. The van der Waals surface area contributed by atoms with E-state index in [1.165, 1.54) is 6.92 Å². The van der Waals surface area contributed by atoms with Crippen LogP contribution < -0.4 is 10.6 Å². The van der Waals surface area contributed by atoms with Crippen molar-refractivity contribution in [2.75, 3.05) is 13.2 Å². The summed E-state index contributed by atoms with van der Waals surface area (Å²) in [6.45, 7) is 16.7. The summed E-state index contributed by atoms with van der Waals surface area (Å²) in [6.07, 6.45) is 5.99. The van der Waals surface area contributed by atoms with Crippen molar-refractivity contribution in [1.82, 2.24) is 10.6 Å². The molecule has 0 aromatic heterocycles. The van der Waals surface area contributed by atoms with Crippen molar-refractivity contribution in [3.05, 3.63) is 34.9 Å². The third-order valence-electron chi connectivity index (χ3n) is 9.78. The van der Waals surface area contributed by atoms with Gasteiger partial charge in [-0.3, -0.25) is 9.59 Å². The standard InChI is InChI=1S/C33H52BClN2O6/c1-23(38)36-32(28(39)37-29(2,3)4,19-9-10-20-34-42-30(5,6)31(7,8)43-34)24-11-13-25(14-12-24)33(40-21-22-41-33)26-15-17-27(35)18-16-26/h15-18,24-25H,9-14,19-22H2,1-8H3,(H,36,38)(H,37,39). The molecule has 0 radical (unpaired) electrons. The van der Waals surface area contributed by atoms with E-state index in [-0.39, 0.29) is 42.0 Å². The Labute approximate surface area is 263 Å². The second-order valence-electron chi connectivity index (χ2n) is 14.7. The monoisotopic (exact) mass is 618 g/mol. The molecular weight excluding hydrogens is 567 g/mol. The van der Waals surface area contributed by atoms with E-state index in [9.17, 15) is 9.59 Å². The average Bonchev–Trinajstić information content (AvgIpc) is 3.47. The SMILES string of the molecule is CC(=O)NC(CCCCB1OC(C)(C)C(C)(C)O1)(C(=O)NC(C)(C)C)C1CCC(C2(c3ccc(Cl)cc3)OCCO2)CC1. The molecule has 1 aromatic rings. The third kappa shape index (κ3) is 7.60. The maximum Gasteiger partial charge on any atom is 0.457 e. The van der Waals surface area contributed by atoms with Crippen LogP contribution >= 0.6 is 11.6 Å². The summed E-state index contributed by atoms with van der Waals surface area (Å²) in [5.74, 6) is -1.04. The molecule has 240 valence electrons. The average molecular weight is 619 g/mol. The van der Waals surface area contributed by atoms with Crippen LogP contribution in [0.15, 0.2) is 24.3 Å². The van der Waals surface area contributed by atoms with Gasteiger partial charge < -0.3 is 29.4 Å². The first-order valence-electron chi connectivity index (χ1n) is 16.0. The van der Waals surface area contributed by atoms with Gasteiger partial charge in [0.15, 0.2) is 5.79 Å². The van der Waals surface area contributed by atoms with Gasteiger partial charge in [-0.15, -0.1) is 0 Å². The van der Waals surface area contributed by atoms with Gasteiger partial charge in [-0.2, -0.15) is 0 Å². The zero-order valence-electron chi connectivity index (χ0n) is 27.4. The summed E-state index contributed by atoms with van der Waals surface area (Å²) in [5.41, 5.74) is -1.24. The Morgan fingerprint density at radius 3 is 1.98 bits per heavy atom. The second-order valence-corrected chi connectivity index (χ2v) is 15.1. The summed E-state index contributed by atoms with van der Waals surface area (Å²) in [5, 5.41) is 7.06. The number of carbonyl (C=O) groups is 2. The molecule has 1 unspecified atom stereocenters. The molecule has 1 aliphatic carbocycles. The lowest BCUT2D eigenvalue weighted by atomic mass is 9.66. The fourth-order valence-electron chi connectivity index (χ4n) is 7.00. The maximum atomic E-state index is 14.2. The van der Waals surface area contributed by atoms with E-state index in [4.69, 9.17) is 30.4 Å². The van der Waals surface area contributed by atoms with Crippen molar-refractivity contribution < 1.29 is 28.4 Å². The lowest BCUT2D eigenvalue weighted by Crippen LogP contribution is -2.65. The van der Waals surface area contributed by atoms with Crippen LogP contribution in [0.1, 0.15) is 106 Å². The third-order valence-corrected chi connectivity index (χ3v) is 10.0. The summed E-state index contributed by atoms with van der Waals surface area (Å²) in [7, 11) is -0.283. The number of benzene rings is 1. The molecular formula is C33H52BClN2O6. The smallest absolute Gasteiger partial charge is 0.403 e. The highest BCUT2D eigenvalue weighted by Crippen LogP contribution is 2.49. The van der Waals surface area contributed by atoms with Gasteiger partial charge in [0.2, 0.25) is 11.8 Å². The summed E-state index contributed by atoms with van der Waals surface area (Å²) >= 11 is 6.18. The topological polar surface area (TPSA) is 95.1 Å². The van der Waals surface area contributed by atoms with Gasteiger partial charge in [-0.05, 0) is 105 Å². The van der Waals surface area contributed by atoms with E-state index in [1.807, 2.05) is 45.0 Å². The minimum atomic E-state index is -1.02. The molecule has 8 nitrogen and oxygen atoms in total. The highest BCUT2D eigenvalue weighted by atomic mass is 35.5. The van der Waals surface area contributed by atoms with Gasteiger partial charge in [-0.1, -0.05) is 36.6 Å². The van der Waals surface area contributed by atoms with E-state index in [0.717, 1.165) is 50.4 Å². The lowest BCUT2D eigenvalue weighted by molar-refractivity contribution is -0.214. The van der Waals surface area contributed by atoms with Crippen LogP contribution in [0, 0.1) is 11.8 Å². The van der Waals surface area contributed by atoms with Gasteiger partial charge >= 0.3 is 7.12 Å². The van der Waals surface area contributed by atoms with Crippen molar-refractivity contribution in [3.63, 3.8) is 0 Å². The van der Waals surface area contributed by atoms with E-state index < -0.39 is 16.9 Å². The Balaban J connectivity index is 1.51. The van der Waals surface area contributed by atoms with Gasteiger partial charge in [0.05, 0.1) is 24.4 Å². The van der Waals surface area contributed by atoms with Gasteiger partial charge in [0.25, 0.3) is 0 Å². The molecule has 2 saturated heterocycles. The van der Waals surface area contributed by atoms with Gasteiger partial charge in [0, 0.05) is 29.0 Å². The molecule has 2 aliphatic heterocycles. The molecule has 1 aromatic carbocycles. The Morgan fingerprint density at radius 2 is 1.47 bits per heavy atom. The first kappa shape index (κ1) is 34.2. The van der Waals surface area contributed by atoms with Crippen LogP contribution in [-0.4, -0.2) is 54.4 Å². The molecule has 2 heterocycles. The Bertz CT molecular complexity index is 1110. The molecule has 3 aliphatic rings. The van der Waals surface area contributed by atoms with Crippen LogP contribution in [-0.2, 0) is 34.2 Å². The van der Waals surface area contributed by atoms with Crippen molar-refractivity contribution in [2.45, 2.75) is 135 Å². The highest BCUT2D eigenvalue weighted by Gasteiger charge is 2.53. The normalized spacial score (nSPS) is 26.1. The molecule has 1 atom stereocenters. The first-order valence-corrected chi connectivity index (χ1v) is 16.4. The number of unbranched alkanes of at least 4 members (excludes halogenated alkanes) is 1. The molecule has 1 saturated carbocycles. The Morgan fingerprint density at radius 1 is 0.907 bits per heavy atom. The number of carbonyl (C=O) groups excluding carboxylic acids is 2.